The number of nitro groups is 1. The molecule has 0 aliphatic rings. The van der Waals surface area contributed by atoms with Gasteiger partial charge in [0.15, 0.2) is 0 Å². The monoisotopic (exact) mass is 334 g/mol. The van der Waals surface area contributed by atoms with E-state index in [2.05, 4.69) is 5.32 Å². The lowest BCUT2D eigenvalue weighted by Gasteiger charge is -2.13. The number of carbonyl (C=O) groups is 2. The SMILES string of the molecule is CC(NC(=O)c1cccs1)C(=O)OCc1ccccc1[N+](=O)[O-]. The highest BCUT2D eigenvalue weighted by molar-refractivity contribution is 7.12. The van der Waals surface area contributed by atoms with E-state index in [1.807, 2.05) is 0 Å². The maximum absolute atomic E-state index is 11.9. The Morgan fingerprint density at radius 1 is 1.30 bits per heavy atom. The molecule has 2 rings (SSSR count). The molecule has 8 heteroatoms. The molecule has 120 valence electrons. The van der Waals surface area contributed by atoms with Crippen LogP contribution < -0.4 is 5.32 Å². The van der Waals surface area contributed by atoms with Crippen LogP contribution >= 0.6 is 11.3 Å². The van der Waals surface area contributed by atoms with Crippen LogP contribution in [0.15, 0.2) is 41.8 Å². The molecule has 1 N–H and O–H groups in total. The highest BCUT2D eigenvalue weighted by Crippen LogP contribution is 2.18. The van der Waals surface area contributed by atoms with Gasteiger partial charge in [0.05, 0.1) is 15.4 Å². The molecule has 1 aromatic heterocycles. The number of thiophene rings is 1. The number of nitrogens with zero attached hydrogens (tertiary/aromatic N) is 1. The van der Waals surface area contributed by atoms with Crippen molar-refractivity contribution in [3.05, 3.63) is 62.3 Å². The Kier molecular flexibility index (Phi) is 5.42. The van der Waals surface area contributed by atoms with Crippen molar-refractivity contribution in [3.8, 4) is 0 Å². The average Bonchev–Trinajstić information content (AvgIpc) is 3.07. The quantitative estimate of drug-likeness (QED) is 0.497. The van der Waals surface area contributed by atoms with Gasteiger partial charge in [-0.05, 0) is 24.4 Å². The summed E-state index contributed by atoms with van der Waals surface area (Å²) in [4.78, 5) is 34.6. The summed E-state index contributed by atoms with van der Waals surface area (Å²) in [7, 11) is 0. The number of amides is 1. The molecule has 0 spiro atoms. The molecule has 0 fully saturated rings. The Morgan fingerprint density at radius 2 is 2.04 bits per heavy atom. The lowest BCUT2D eigenvalue weighted by molar-refractivity contribution is -0.385. The van der Waals surface area contributed by atoms with Crippen molar-refractivity contribution in [3.63, 3.8) is 0 Å². The third-order valence-electron chi connectivity index (χ3n) is 3.00. The van der Waals surface area contributed by atoms with Gasteiger partial charge >= 0.3 is 5.97 Å². The molecule has 0 aliphatic heterocycles. The molecular formula is C15H14N2O5S. The molecule has 0 saturated heterocycles. The van der Waals surface area contributed by atoms with Crippen LogP contribution in [0.25, 0.3) is 0 Å². The van der Waals surface area contributed by atoms with Crippen molar-refractivity contribution in [1.29, 1.82) is 0 Å². The van der Waals surface area contributed by atoms with E-state index in [1.165, 1.54) is 36.5 Å². The highest BCUT2D eigenvalue weighted by Gasteiger charge is 2.20. The van der Waals surface area contributed by atoms with Crippen molar-refractivity contribution in [2.24, 2.45) is 0 Å². The number of nitro benzene ring substituents is 1. The lowest BCUT2D eigenvalue weighted by Crippen LogP contribution is -2.39. The lowest BCUT2D eigenvalue weighted by atomic mass is 10.2. The van der Waals surface area contributed by atoms with Crippen LogP contribution in [0.4, 0.5) is 5.69 Å². The van der Waals surface area contributed by atoms with Crippen LogP contribution in [0.3, 0.4) is 0 Å². The van der Waals surface area contributed by atoms with Gasteiger partial charge in [-0.1, -0.05) is 18.2 Å². The zero-order valence-corrected chi connectivity index (χ0v) is 13.0. The first-order valence-electron chi connectivity index (χ1n) is 6.72. The van der Waals surface area contributed by atoms with Gasteiger partial charge in [-0.2, -0.15) is 0 Å². The van der Waals surface area contributed by atoms with E-state index in [1.54, 1.807) is 23.6 Å². The van der Waals surface area contributed by atoms with Gasteiger partial charge in [-0.3, -0.25) is 14.9 Å². The minimum Gasteiger partial charge on any atom is -0.459 e. The summed E-state index contributed by atoms with van der Waals surface area (Å²) < 4.78 is 5.04. The fourth-order valence-corrected chi connectivity index (χ4v) is 2.45. The molecule has 0 radical (unpaired) electrons. The van der Waals surface area contributed by atoms with Crippen LogP contribution in [-0.2, 0) is 16.1 Å². The summed E-state index contributed by atoms with van der Waals surface area (Å²) in [5.74, 6) is -1.02. The zero-order valence-electron chi connectivity index (χ0n) is 12.2. The molecular weight excluding hydrogens is 320 g/mol. The first kappa shape index (κ1) is 16.6. The summed E-state index contributed by atoms with van der Waals surface area (Å²) in [6.45, 7) is 1.27. The molecule has 1 aromatic carbocycles. The minimum atomic E-state index is -0.854. The fraction of sp³-hybridized carbons (Fsp3) is 0.200. The van der Waals surface area contributed by atoms with Crippen molar-refractivity contribution in [2.75, 3.05) is 0 Å². The van der Waals surface area contributed by atoms with E-state index in [4.69, 9.17) is 4.74 Å². The number of hydrogen-bond donors (Lipinski definition) is 1. The molecule has 1 atom stereocenters. The molecule has 7 nitrogen and oxygen atoms in total. The maximum atomic E-state index is 11.9. The van der Waals surface area contributed by atoms with E-state index in [9.17, 15) is 19.7 Å². The third kappa shape index (κ3) is 4.36. The molecule has 1 amide bonds. The van der Waals surface area contributed by atoms with Crippen molar-refractivity contribution < 1.29 is 19.2 Å². The van der Waals surface area contributed by atoms with Gasteiger partial charge < -0.3 is 10.1 Å². The van der Waals surface area contributed by atoms with E-state index in [0.29, 0.717) is 10.4 Å². The van der Waals surface area contributed by atoms with E-state index in [-0.39, 0.29) is 18.2 Å². The fourth-order valence-electron chi connectivity index (χ4n) is 1.82. The number of para-hydroxylation sites is 1. The van der Waals surface area contributed by atoms with Crippen LogP contribution in [0.1, 0.15) is 22.2 Å². The van der Waals surface area contributed by atoms with Crippen molar-refractivity contribution in [1.82, 2.24) is 5.32 Å². The second kappa shape index (κ2) is 7.50. The zero-order chi connectivity index (χ0) is 16.8. The number of ether oxygens (including phenoxy) is 1. The van der Waals surface area contributed by atoms with Crippen LogP contribution in [0.5, 0.6) is 0 Å². The number of esters is 1. The number of benzene rings is 1. The Bertz CT molecular complexity index is 714. The van der Waals surface area contributed by atoms with E-state index >= 15 is 0 Å². The smallest absolute Gasteiger partial charge is 0.328 e. The summed E-state index contributed by atoms with van der Waals surface area (Å²) in [5.41, 5.74) is 0.179. The Balaban J connectivity index is 1.92. The second-order valence-corrected chi connectivity index (χ2v) is 5.61. The predicted octanol–water partition coefficient (Wildman–Crippen LogP) is 2.52. The standard InChI is InChI=1S/C15H14N2O5S/c1-10(16-14(18)13-7-4-8-23-13)15(19)22-9-11-5-2-3-6-12(11)17(20)21/h2-8,10H,9H2,1H3,(H,16,18). The van der Waals surface area contributed by atoms with Crippen LogP contribution in [0.2, 0.25) is 0 Å². The van der Waals surface area contributed by atoms with Gasteiger partial charge in [-0.25, -0.2) is 4.79 Å². The van der Waals surface area contributed by atoms with Gasteiger partial charge in [0.1, 0.15) is 12.6 Å². The van der Waals surface area contributed by atoms with Gasteiger partial charge in [0, 0.05) is 6.07 Å². The third-order valence-corrected chi connectivity index (χ3v) is 3.87. The largest absolute Gasteiger partial charge is 0.459 e. The highest BCUT2D eigenvalue weighted by atomic mass is 32.1. The summed E-state index contributed by atoms with van der Waals surface area (Å²) >= 11 is 1.26. The molecule has 0 bridgehead atoms. The molecule has 23 heavy (non-hydrogen) atoms. The van der Waals surface area contributed by atoms with Crippen LogP contribution in [0, 0.1) is 10.1 Å². The van der Waals surface area contributed by atoms with E-state index in [0.717, 1.165) is 0 Å². The second-order valence-electron chi connectivity index (χ2n) is 4.67. The molecule has 0 saturated carbocycles. The average molecular weight is 334 g/mol. The van der Waals surface area contributed by atoms with Gasteiger partial charge in [0.25, 0.3) is 11.6 Å². The summed E-state index contributed by atoms with van der Waals surface area (Å²) in [6.07, 6.45) is 0. The minimum absolute atomic E-state index is 0.115. The Labute approximate surface area is 136 Å². The number of carbonyl (C=O) groups excluding carboxylic acids is 2. The number of nitrogens with one attached hydrogen (secondary N) is 1. The topological polar surface area (TPSA) is 98.5 Å². The van der Waals surface area contributed by atoms with Gasteiger partial charge in [-0.15, -0.1) is 11.3 Å². The molecule has 0 aliphatic carbocycles. The normalized spacial score (nSPS) is 11.5. The molecule has 1 heterocycles. The maximum Gasteiger partial charge on any atom is 0.328 e. The molecule has 2 aromatic rings. The van der Waals surface area contributed by atoms with Crippen LogP contribution in [-0.4, -0.2) is 22.8 Å². The number of rotatable bonds is 6. The first-order chi connectivity index (χ1) is 11.0. The van der Waals surface area contributed by atoms with Crippen molar-refractivity contribution >= 4 is 28.9 Å². The Morgan fingerprint density at radius 3 is 2.70 bits per heavy atom. The van der Waals surface area contributed by atoms with Gasteiger partial charge in [0.2, 0.25) is 0 Å². The first-order valence-corrected chi connectivity index (χ1v) is 7.60. The van der Waals surface area contributed by atoms with E-state index < -0.39 is 16.9 Å². The number of hydrogen-bond acceptors (Lipinski definition) is 6. The summed E-state index contributed by atoms with van der Waals surface area (Å²) in [5, 5.41) is 15.2. The molecule has 1 unspecified atom stereocenters. The predicted molar refractivity (Wildman–Crippen MR) is 84.1 cm³/mol. The summed E-state index contributed by atoms with van der Waals surface area (Å²) in [6, 6.07) is 8.53. The van der Waals surface area contributed by atoms with Crippen molar-refractivity contribution in [2.45, 2.75) is 19.6 Å². The Hall–Kier alpha value is -2.74.